The molecule has 0 bridgehead atoms. The smallest absolute Gasteiger partial charge is 0.308 e. The lowest BCUT2D eigenvalue weighted by Gasteiger charge is -2.48. The summed E-state index contributed by atoms with van der Waals surface area (Å²) in [5, 5.41) is 31.7. The molecule has 7 atom stereocenters. The number of esters is 3. The van der Waals surface area contributed by atoms with Crippen molar-refractivity contribution in [1.82, 2.24) is 0 Å². The molecule has 1 aliphatic carbocycles. The zero-order chi connectivity index (χ0) is 42.9. The van der Waals surface area contributed by atoms with Crippen molar-refractivity contribution in [2.75, 3.05) is 26.2 Å². The van der Waals surface area contributed by atoms with E-state index in [0.29, 0.717) is 32.1 Å². The number of hydrogen-bond donors (Lipinski definition) is 3. The number of aliphatic hydroxyl groups excluding tert-OH is 1. The van der Waals surface area contributed by atoms with Gasteiger partial charge in [-0.1, -0.05) is 128 Å². The first-order valence-electron chi connectivity index (χ1n) is 22.8. The number of unbranched alkanes of at least 4 members (excludes halogenated alkanes) is 18. The molecular formula is C46H81ClO11. The van der Waals surface area contributed by atoms with Crippen LogP contribution in [0.15, 0.2) is 11.6 Å². The minimum absolute atomic E-state index is 0.0370. The number of carbonyl (C=O) groups is 3. The van der Waals surface area contributed by atoms with Gasteiger partial charge in [0.1, 0.15) is 24.4 Å². The van der Waals surface area contributed by atoms with Gasteiger partial charge in [0.25, 0.3) is 5.79 Å². The van der Waals surface area contributed by atoms with Gasteiger partial charge in [-0.25, -0.2) is 0 Å². The molecule has 0 amide bonds. The van der Waals surface area contributed by atoms with Crippen molar-refractivity contribution in [1.29, 1.82) is 0 Å². The van der Waals surface area contributed by atoms with Crippen molar-refractivity contribution in [3.8, 4) is 0 Å². The minimum Gasteiger partial charge on any atom is -0.460 e. The van der Waals surface area contributed by atoms with Crippen LogP contribution in [0.1, 0.15) is 195 Å². The van der Waals surface area contributed by atoms with Crippen LogP contribution in [0.25, 0.3) is 0 Å². The number of hydrogen-bond acceptors (Lipinski definition) is 11. The molecule has 2 fully saturated rings. The Morgan fingerprint density at radius 2 is 1.28 bits per heavy atom. The maximum absolute atomic E-state index is 12.9. The lowest BCUT2D eigenvalue weighted by Crippen LogP contribution is -2.61. The molecule has 12 heteroatoms. The van der Waals surface area contributed by atoms with Gasteiger partial charge in [-0.3, -0.25) is 14.4 Å². The molecule has 2 aliphatic rings. The highest BCUT2D eigenvalue weighted by Gasteiger charge is 2.67. The summed E-state index contributed by atoms with van der Waals surface area (Å²) in [6, 6.07) is 0. The second-order valence-corrected chi connectivity index (χ2v) is 17.8. The molecule has 0 radical (unpaired) electrons. The van der Waals surface area contributed by atoms with Crippen molar-refractivity contribution >= 4 is 29.5 Å². The van der Waals surface area contributed by atoms with Crippen LogP contribution in [0.4, 0.5) is 0 Å². The van der Waals surface area contributed by atoms with Crippen molar-refractivity contribution < 1.29 is 53.4 Å². The van der Waals surface area contributed by atoms with Gasteiger partial charge < -0.3 is 39.0 Å². The predicted molar refractivity (Wildman–Crippen MR) is 227 cm³/mol. The van der Waals surface area contributed by atoms with Crippen molar-refractivity contribution in [3.63, 3.8) is 0 Å². The summed E-state index contributed by atoms with van der Waals surface area (Å²) in [6.07, 6.45) is 24.7. The first-order valence-corrected chi connectivity index (χ1v) is 23.3. The van der Waals surface area contributed by atoms with Crippen LogP contribution in [0.3, 0.4) is 0 Å². The number of alkyl halides is 1. The molecule has 1 aliphatic heterocycles. The molecule has 0 aromatic rings. The van der Waals surface area contributed by atoms with E-state index >= 15 is 0 Å². The number of allylic oxidation sites excluding steroid dienone is 1. The zero-order valence-electron chi connectivity index (χ0n) is 36.9. The Labute approximate surface area is 355 Å². The van der Waals surface area contributed by atoms with Crippen LogP contribution >= 0.6 is 11.6 Å². The Balaban J connectivity index is 1.54. The summed E-state index contributed by atoms with van der Waals surface area (Å²) in [6.45, 7) is 6.82. The largest absolute Gasteiger partial charge is 0.460 e. The molecule has 2 unspecified atom stereocenters. The maximum Gasteiger partial charge on any atom is 0.308 e. The summed E-state index contributed by atoms with van der Waals surface area (Å²) in [5.41, 5.74) is -0.645. The molecule has 58 heavy (non-hydrogen) atoms. The van der Waals surface area contributed by atoms with Crippen LogP contribution in [-0.2, 0) is 38.1 Å². The monoisotopic (exact) mass is 845 g/mol. The van der Waals surface area contributed by atoms with Crippen LogP contribution in [-0.4, -0.2) is 94.7 Å². The molecule has 1 saturated carbocycles. The van der Waals surface area contributed by atoms with E-state index in [1.165, 1.54) is 69.8 Å². The Hall–Kier alpha value is -1.76. The second-order valence-electron chi connectivity index (χ2n) is 17.5. The molecule has 1 saturated heterocycles. The Morgan fingerprint density at radius 1 is 0.793 bits per heavy atom. The summed E-state index contributed by atoms with van der Waals surface area (Å²) in [4.78, 5) is 37.5. The zero-order valence-corrected chi connectivity index (χ0v) is 37.6. The third-order valence-electron chi connectivity index (χ3n) is 12.0. The molecule has 0 spiro atoms. The summed E-state index contributed by atoms with van der Waals surface area (Å²) >= 11 is 6.31. The lowest BCUT2D eigenvalue weighted by atomic mass is 9.66. The molecule has 11 nitrogen and oxygen atoms in total. The van der Waals surface area contributed by atoms with E-state index in [0.717, 1.165) is 51.4 Å². The van der Waals surface area contributed by atoms with Gasteiger partial charge in [0, 0.05) is 26.4 Å². The summed E-state index contributed by atoms with van der Waals surface area (Å²) < 4.78 is 28.2. The number of aliphatic hydroxyl groups is 3. The van der Waals surface area contributed by atoms with E-state index in [1.54, 1.807) is 7.11 Å². The highest BCUT2D eigenvalue weighted by Crippen LogP contribution is 2.55. The van der Waals surface area contributed by atoms with Crippen LogP contribution in [0, 0.1) is 5.92 Å². The molecule has 1 heterocycles. The Morgan fingerprint density at radius 3 is 1.74 bits per heavy atom. The Kier molecular flexibility index (Phi) is 25.9. The average Bonchev–Trinajstić information content (AvgIpc) is 3.87. The maximum atomic E-state index is 12.9. The van der Waals surface area contributed by atoms with E-state index in [9.17, 15) is 29.7 Å². The number of ether oxygens (including phenoxy) is 5. The van der Waals surface area contributed by atoms with Crippen molar-refractivity contribution in [2.45, 2.75) is 230 Å². The van der Waals surface area contributed by atoms with Crippen LogP contribution < -0.4 is 0 Å². The standard InChI is InChI=1S/C46H81ClO11/c1-6-7-8-9-10-11-12-13-14-15-16-17-20-23-26-39(49)55-35-46(53,34-48)58-41(51)28-25-22-19-18-21-24-27-40(50)56-37-31-32-45(52,33-47)43(42(37)54-5)44(4)38(57-44)30-29-36(2)3/h29,37-38,42-43,48,52-53H,6-28,30-35H2,1-5H3/t37-,38?,42-,43-,44+,45+,46?/m1/s1. The quantitative estimate of drug-likeness (QED) is 0.0108. The number of carbonyl (C=O) groups excluding carboxylic acids is 3. The number of rotatable bonds is 34. The minimum atomic E-state index is -2.26. The van der Waals surface area contributed by atoms with Gasteiger partial charge in [-0.05, 0) is 59.3 Å². The highest BCUT2D eigenvalue weighted by atomic mass is 35.5. The van der Waals surface area contributed by atoms with Crippen molar-refractivity contribution in [3.05, 3.63) is 11.6 Å². The molecule has 2 rings (SSSR count). The highest BCUT2D eigenvalue weighted by molar-refractivity contribution is 6.18. The average molecular weight is 846 g/mol. The topological polar surface area (TPSA) is 161 Å². The fraction of sp³-hybridized carbons (Fsp3) is 0.891. The van der Waals surface area contributed by atoms with Gasteiger partial charge in [-0.15, -0.1) is 11.6 Å². The van der Waals surface area contributed by atoms with Crippen LogP contribution in [0.5, 0.6) is 0 Å². The van der Waals surface area contributed by atoms with E-state index in [4.69, 9.17) is 35.3 Å². The normalized spacial score (nSPS) is 25.1. The third-order valence-corrected chi connectivity index (χ3v) is 12.5. The van der Waals surface area contributed by atoms with Gasteiger partial charge in [0.15, 0.2) is 6.61 Å². The first-order chi connectivity index (χ1) is 27.8. The van der Waals surface area contributed by atoms with Crippen LogP contribution in [0.2, 0.25) is 0 Å². The molecular weight excluding hydrogens is 764 g/mol. The fourth-order valence-corrected chi connectivity index (χ4v) is 8.70. The third kappa shape index (κ3) is 19.7. The molecule has 3 N–H and O–H groups in total. The van der Waals surface area contributed by atoms with Crippen molar-refractivity contribution in [2.24, 2.45) is 5.92 Å². The summed E-state index contributed by atoms with van der Waals surface area (Å²) in [7, 11) is 1.57. The molecule has 0 aromatic carbocycles. The van der Waals surface area contributed by atoms with E-state index in [-0.39, 0.29) is 37.2 Å². The Bertz CT molecular complexity index is 1190. The molecule has 338 valence electrons. The van der Waals surface area contributed by atoms with Gasteiger partial charge in [0.05, 0.1) is 23.5 Å². The second kappa shape index (κ2) is 28.7. The van der Waals surface area contributed by atoms with Gasteiger partial charge >= 0.3 is 17.9 Å². The SMILES string of the molecule is CCCCCCCCCCCCCCCCC(=O)OCC(O)(CO)OC(=O)CCCCCCCCC(=O)O[C@@H]1CC[C@](O)(CCl)[C@@H]([C@@]2(C)OC2CC=C(C)C)[C@@H]1OC. The fourth-order valence-electron chi connectivity index (χ4n) is 8.40. The number of halogens is 1. The van der Waals surface area contributed by atoms with E-state index < -0.39 is 60.3 Å². The predicted octanol–water partition coefficient (Wildman–Crippen LogP) is 9.57. The van der Waals surface area contributed by atoms with Gasteiger partial charge in [0.2, 0.25) is 0 Å². The summed E-state index contributed by atoms with van der Waals surface area (Å²) in [5.74, 6) is -4.14. The van der Waals surface area contributed by atoms with Gasteiger partial charge in [-0.2, -0.15) is 0 Å². The van der Waals surface area contributed by atoms with E-state index in [2.05, 4.69) is 13.0 Å². The lowest BCUT2D eigenvalue weighted by molar-refractivity contribution is -0.241. The number of epoxide rings is 1. The number of methoxy groups -OCH3 is 1. The molecule has 0 aromatic heterocycles. The van der Waals surface area contributed by atoms with E-state index in [1.807, 2.05) is 20.8 Å². The first kappa shape index (κ1) is 52.4.